The van der Waals surface area contributed by atoms with Gasteiger partial charge in [0.2, 0.25) is 0 Å². The molecule has 19 heavy (non-hydrogen) atoms. The number of aryl methyl sites for hydroxylation is 1. The van der Waals surface area contributed by atoms with Crippen molar-refractivity contribution in [3.63, 3.8) is 0 Å². The minimum absolute atomic E-state index is 0.109. The number of nitrogens with one attached hydrogen (secondary N) is 1. The third-order valence-corrected chi connectivity index (χ3v) is 2.84. The van der Waals surface area contributed by atoms with E-state index < -0.39 is 17.5 Å². The lowest BCUT2D eigenvalue weighted by Gasteiger charge is -2.08. The van der Waals surface area contributed by atoms with E-state index >= 15 is 0 Å². The van der Waals surface area contributed by atoms with Crippen LogP contribution in [0.1, 0.15) is 15.9 Å². The topological polar surface area (TPSA) is 29.1 Å². The van der Waals surface area contributed by atoms with Crippen LogP contribution in [-0.4, -0.2) is 5.91 Å². The Morgan fingerprint density at radius 2 is 1.84 bits per heavy atom. The number of amides is 1. The van der Waals surface area contributed by atoms with Crippen molar-refractivity contribution in [1.29, 1.82) is 0 Å². The van der Waals surface area contributed by atoms with E-state index in [9.17, 15) is 13.6 Å². The number of halogens is 3. The van der Waals surface area contributed by atoms with Crippen LogP contribution in [0.25, 0.3) is 0 Å². The lowest BCUT2D eigenvalue weighted by molar-refractivity contribution is 0.102. The summed E-state index contributed by atoms with van der Waals surface area (Å²) in [6.45, 7) is 1.88. The minimum atomic E-state index is -1.11. The molecule has 0 saturated carbocycles. The van der Waals surface area contributed by atoms with Gasteiger partial charge in [-0.3, -0.25) is 4.79 Å². The Morgan fingerprint density at radius 1 is 1.16 bits per heavy atom. The van der Waals surface area contributed by atoms with Gasteiger partial charge in [-0.1, -0.05) is 23.7 Å². The molecule has 0 atom stereocenters. The van der Waals surface area contributed by atoms with Gasteiger partial charge in [0.15, 0.2) is 11.6 Å². The fraction of sp³-hybridized carbons (Fsp3) is 0.0714. The summed E-state index contributed by atoms with van der Waals surface area (Å²) in [5.41, 5.74) is 1.42. The molecule has 0 fully saturated rings. The highest BCUT2D eigenvalue weighted by atomic mass is 35.5. The summed E-state index contributed by atoms with van der Waals surface area (Å²) >= 11 is 5.73. The maximum absolute atomic E-state index is 13.1. The summed E-state index contributed by atoms with van der Waals surface area (Å²) < 4.78 is 26.0. The molecule has 0 unspecified atom stereocenters. The Balaban J connectivity index is 2.28. The molecule has 5 heteroatoms. The first-order chi connectivity index (χ1) is 8.97. The molecule has 0 aliphatic rings. The van der Waals surface area contributed by atoms with Crippen LogP contribution < -0.4 is 5.32 Å². The molecule has 0 aliphatic heterocycles. The van der Waals surface area contributed by atoms with E-state index in [1.807, 2.05) is 13.0 Å². The van der Waals surface area contributed by atoms with Gasteiger partial charge in [0, 0.05) is 5.69 Å². The molecule has 0 radical (unpaired) electrons. The number of rotatable bonds is 2. The average Bonchev–Trinajstić information content (AvgIpc) is 2.33. The highest BCUT2D eigenvalue weighted by Gasteiger charge is 2.15. The Labute approximate surface area is 114 Å². The van der Waals surface area contributed by atoms with E-state index in [1.165, 1.54) is 0 Å². The molecule has 0 bridgehead atoms. The molecule has 0 aliphatic carbocycles. The van der Waals surface area contributed by atoms with Crippen molar-refractivity contribution in [1.82, 2.24) is 0 Å². The number of anilines is 1. The third kappa shape index (κ3) is 3.09. The van der Waals surface area contributed by atoms with Crippen molar-refractivity contribution in [2.24, 2.45) is 0 Å². The van der Waals surface area contributed by atoms with E-state index in [1.54, 1.807) is 18.2 Å². The highest BCUT2D eigenvalue weighted by molar-refractivity contribution is 6.34. The van der Waals surface area contributed by atoms with Gasteiger partial charge in [0.25, 0.3) is 5.91 Å². The third-order valence-electron chi connectivity index (χ3n) is 2.53. The lowest BCUT2D eigenvalue weighted by Crippen LogP contribution is -2.13. The van der Waals surface area contributed by atoms with Crippen molar-refractivity contribution in [3.8, 4) is 0 Å². The second kappa shape index (κ2) is 5.36. The number of benzene rings is 2. The molecule has 1 N–H and O–H groups in total. The zero-order valence-electron chi connectivity index (χ0n) is 10.0. The fourth-order valence-corrected chi connectivity index (χ4v) is 1.85. The minimum Gasteiger partial charge on any atom is -0.322 e. The monoisotopic (exact) mass is 281 g/mol. The first-order valence-electron chi connectivity index (χ1n) is 5.50. The Bertz CT molecular complexity index is 643. The van der Waals surface area contributed by atoms with Gasteiger partial charge in [0.1, 0.15) is 0 Å². The van der Waals surface area contributed by atoms with Crippen molar-refractivity contribution in [3.05, 3.63) is 64.2 Å². The Hall–Kier alpha value is -1.94. The molecule has 2 aromatic rings. The van der Waals surface area contributed by atoms with Gasteiger partial charge in [-0.2, -0.15) is 0 Å². The molecular weight excluding hydrogens is 272 g/mol. The summed E-state index contributed by atoms with van der Waals surface area (Å²) in [7, 11) is 0. The van der Waals surface area contributed by atoms with Crippen LogP contribution >= 0.6 is 11.6 Å². The Kier molecular flexibility index (Phi) is 3.81. The molecule has 2 aromatic carbocycles. The number of carbonyl (C=O) groups excluding carboxylic acids is 1. The van der Waals surface area contributed by atoms with Crippen LogP contribution in [-0.2, 0) is 0 Å². The first kappa shape index (κ1) is 13.5. The quantitative estimate of drug-likeness (QED) is 0.822. The van der Waals surface area contributed by atoms with E-state index in [4.69, 9.17) is 11.6 Å². The van der Waals surface area contributed by atoms with Crippen LogP contribution in [0.15, 0.2) is 36.4 Å². The van der Waals surface area contributed by atoms with Crippen molar-refractivity contribution >= 4 is 23.2 Å². The lowest BCUT2D eigenvalue weighted by atomic mass is 10.1. The van der Waals surface area contributed by atoms with E-state index in [-0.39, 0.29) is 10.6 Å². The number of carbonyl (C=O) groups is 1. The van der Waals surface area contributed by atoms with Gasteiger partial charge in [0.05, 0.1) is 10.6 Å². The summed E-state index contributed by atoms with van der Waals surface area (Å²) in [5.74, 6) is -2.79. The summed E-state index contributed by atoms with van der Waals surface area (Å²) in [4.78, 5) is 11.9. The maximum atomic E-state index is 13.1. The predicted molar refractivity (Wildman–Crippen MR) is 70.5 cm³/mol. The van der Waals surface area contributed by atoms with E-state index in [0.29, 0.717) is 5.69 Å². The van der Waals surface area contributed by atoms with Gasteiger partial charge in [-0.25, -0.2) is 8.78 Å². The number of hydrogen-bond donors (Lipinski definition) is 1. The second-order valence-corrected chi connectivity index (χ2v) is 4.48. The van der Waals surface area contributed by atoms with Crippen molar-refractivity contribution < 1.29 is 13.6 Å². The highest BCUT2D eigenvalue weighted by Crippen LogP contribution is 2.21. The molecule has 0 saturated heterocycles. The van der Waals surface area contributed by atoms with Gasteiger partial charge < -0.3 is 5.32 Å². The Morgan fingerprint density at radius 3 is 2.53 bits per heavy atom. The normalized spacial score (nSPS) is 10.3. The van der Waals surface area contributed by atoms with E-state index in [2.05, 4.69) is 5.32 Å². The van der Waals surface area contributed by atoms with Crippen molar-refractivity contribution in [2.75, 3.05) is 5.32 Å². The molecule has 2 nitrogen and oxygen atoms in total. The molecule has 2 rings (SSSR count). The average molecular weight is 282 g/mol. The van der Waals surface area contributed by atoms with Crippen LogP contribution in [0, 0.1) is 18.6 Å². The zero-order chi connectivity index (χ0) is 14.0. The SMILES string of the molecule is Cc1cccc(NC(=O)c2cc(F)c(F)cc2Cl)c1. The summed E-state index contributed by atoms with van der Waals surface area (Å²) in [6.07, 6.45) is 0. The van der Waals surface area contributed by atoms with Crippen LogP contribution in [0.3, 0.4) is 0 Å². The smallest absolute Gasteiger partial charge is 0.257 e. The molecule has 1 amide bonds. The second-order valence-electron chi connectivity index (χ2n) is 4.07. The van der Waals surface area contributed by atoms with E-state index in [0.717, 1.165) is 17.7 Å². The summed E-state index contributed by atoms with van der Waals surface area (Å²) in [5, 5.41) is 2.44. The largest absolute Gasteiger partial charge is 0.322 e. The van der Waals surface area contributed by atoms with Crippen LogP contribution in [0.5, 0.6) is 0 Å². The molecule has 98 valence electrons. The van der Waals surface area contributed by atoms with Crippen LogP contribution in [0.2, 0.25) is 5.02 Å². The zero-order valence-corrected chi connectivity index (χ0v) is 10.8. The van der Waals surface area contributed by atoms with Gasteiger partial charge >= 0.3 is 0 Å². The first-order valence-corrected chi connectivity index (χ1v) is 5.88. The fourth-order valence-electron chi connectivity index (χ4n) is 1.62. The molecule has 0 aromatic heterocycles. The number of hydrogen-bond acceptors (Lipinski definition) is 1. The van der Waals surface area contributed by atoms with Gasteiger partial charge in [-0.05, 0) is 36.8 Å². The van der Waals surface area contributed by atoms with Crippen LogP contribution in [0.4, 0.5) is 14.5 Å². The molecule has 0 heterocycles. The standard InChI is InChI=1S/C14H10ClF2NO/c1-8-3-2-4-9(5-8)18-14(19)10-6-12(16)13(17)7-11(10)15/h2-7H,1H3,(H,18,19). The molecule has 0 spiro atoms. The maximum Gasteiger partial charge on any atom is 0.257 e. The summed E-state index contributed by atoms with van der Waals surface area (Å²) in [6, 6.07) is 8.66. The van der Waals surface area contributed by atoms with Crippen molar-refractivity contribution in [2.45, 2.75) is 6.92 Å². The van der Waals surface area contributed by atoms with Gasteiger partial charge in [-0.15, -0.1) is 0 Å². The predicted octanol–water partition coefficient (Wildman–Crippen LogP) is 4.18. The molecular formula is C14H10ClF2NO.